The minimum absolute atomic E-state index is 0.694. The molecule has 0 bridgehead atoms. The Kier molecular flexibility index (Phi) is 5.34. The Morgan fingerprint density at radius 3 is 0.964 bits per heavy atom. The van der Waals surface area contributed by atoms with Gasteiger partial charge < -0.3 is 10.2 Å². The van der Waals surface area contributed by atoms with Crippen LogP contribution in [0.25, 0.3) is 22.3 Å². The predicted octanol–water partition coefficient (Wildman–Crippen LogP) is 5.79. The van der Waals surface area contributed by atoms with Crippen LogP contribution >= 0.6 is 0 Å². The molecule has 0 aliphatic carbocycles. The van der Waals surface area contributed by atoms with Crippen LogP contribution in [-0.4, -0.2) is 10.2 Å². The zero-order valence-electron chi connectivity index (χ0n) is 15.4. The van der Waals surface area contributed by atoms with E-state index in [9.17, 15) is 10.2 Å². The number of rotatable bonds is 5. The third kappa shape index (κ3) is 3.89. The van der Waals surface area contributed by atoms with E-state index in [2.05, 4.69) is 24.3 Å². The molecule has 0 aliphatic heterocycles. The number of benzene rings is 4. The van der Waals surface area contributed by atoms with E-state index in [0.29, 0.717) is 11.1 Å². The van der Waals surface area contributed by atoms with Crippen LogP contribution in [0.15, 0.2) is 109 Å². The van der Waals surface area contributed by atoms with Crippen molar-refractivity contribution in [3.05, 3.63) is 120 Å². The summed E-state index contributed by atoms with van der Waals surface area (Å²) in [5, 5.41) is 21.3. The molecule has 0 fully saturated rings. The maximum absolute atomic E-state index is 10.6. The SMILES string of the molecule is O[C@H](c1ccc(-c2ccccc2)cc1)[C@H](O)c1ccc(-c2ccccc2)cc1. The second-order valence-corrected chi connectivity index (χ2v) is 6.87. The zero-order valence-corrected chi connectivity index (χ0v) is 15.4. The molecule has 0 amide bonds. The standard InChI is InChI=1S/C26H22O2/c27-25(23-15-11-21(12-16-23)19-7-3-1-4-8-19)26(28)24-17-13-22(14-18-24)20-9-5-2-6-10-20/h1-18,25-28H/t25-,26-/m1/s1. The predicted molar refractivity (Wildman–Crippen MR) is 114 cm³/mol. The number of hydrogen-bond acceptors (Lipinski definition) is 2. The van der Waals surface area contributed by atoms with Gasteiger partial charge in [-0.15, -0.1) is 0 Å². The molecule has 0 aliphatic rings. The maximum Gasteiger partial charge on any atom is 0.109 e. The molecule has 4 aromatic rings. The van der Waals surface area contributed by atoms with Crippen molar-refractivity contribution >= 4 is 0 Å². The van der Waals surface area contributed by atoms with Crippen molar-refractivity contribution in [1.82, 2.24) is 0 Å². The molecule has 2 heteroatoms. The van der Waals surface area contributed by atoms with Gasteiger partial charge in [0.1, 0.15) is 12.2 Å². The fourth-order valence-electron chi connectivity index (χ4n) is 3.37. The molecular weight excluding hydrogens is 344 g/mol. The lowest BCUT2D eigenvalue weighted by Crippen LogP contribution is -2.10. The lowest BCUT2D eigenvalue weighted by molar-refractivity contribution is 0.0172. The van der Waals surface area contributed by atoms with Crippen LogP contribution in [0.4, 0.5) is 0 Å². The van der Waals surface area contributed by atoms with E-state index in [1.54, 1.807) is 0 Å². The summed E-state index contributed by atoms with van der Waals surface area (Å²) in [5.74, 6) is 0. The molecule has 0 heterocycles. The van der Waals surface area contributed by atoms with E-state index in [1.807, 2.05) is 84.9 Å². The van der Waals surface area contributed by atoms with Crippen molar-refractivity contribution in [2.45, 2.75) is 12.2 Å². The summed E-state index contributed by atoms with van der Waals surface area (Å²) in [5.41, 5.74) is 5.80. The second-order valence-electron chi connectivity index (χ2n) is 6.87. The van der Waals surface area contributed by atoms with Gasteiger partial charge in [-0.3, -0.25) is 0 Å². The largest absolute Gasteiger partial charge is 0.385 e. The highest BCUT2D eigenvalue weighted by molar-refractivity contribution is 5.64. The molecule has 0 radical (unpaired) electrons. The summed E-state index contributed by atoms with van der Waals surface area (Å²) in [4.78, 5) is 0. The van der Waals surface area contributed by atoms with E-state index in [1.165, 1.54) is 0 Å². The first-order chi connectivity index (χ1) is 13.7. The molecular formula is C26H22O2. The Labute approximate surface area is 165 Å². The molecule has 138 valence electrons. The van der Waals surface area contributed by atoms with Gasteiger partial charge in [0.15, 0.2) is 0 Å². The van der Waals surface area contributed by atoms with E-state index in [-0.39, 0.29) is 0 Å². The van der Waals surface area contributed by atoms with Crippen LogP contribution < -0.4 is 0 Å². The number of hydrogen-bond donors (Lipinski definition) is 2. The normalized spacial score (nSPS) is 13.1. The number of aliphatic hydroxyl groups excluding tert-OH is 2. The van der Waals surface area contributed by atoms with Crippen molar-refractivity contribution in [2.24, 2.45) is 0 Å². The number of aliphatic hydroxyl groups is 2. The highest BCUT2D eigenvalue weighted by Crippen LogP contribution is 2.31. The van der Waals surface area contributed by atoms with Crippen LogP contribution in [0.3, 0.4) is 0 Å². The first kappa shape index (κ1) is 18.2. The molecule has 0 aromatic heterocycles. The highest BCUT2D eigenvalue weighted by atomic mass is 16.3. The topological polar surface area (TPSA) is 40.5 Å². The molecule has 2 nitrogen and oxygen atoms in total. The molecule has 28 heavy (non-hydrogen) atoms. The average molecular weight is 366 g/mol. The molecule has 2 atom stereocenters. The second kappa shape index (κ2) is 8.22. The van der Waals surface area contributed by atoms with Gasteiger partial charge in [0.25, 0.3) is 0 Å². The molecule has 0 saturated heterocycles. The van der Waals surface area contributed by atoms with Gasteiger partial charge in [0.05, 0.1) is 0 Å². The smallest absolute Gasteiger partial charge is 0.109 e. The Balaban J connectivity index is 1.50. The van der Waals surface area contributed by atoms with Crippen LogP contribution in [0.2, 0.25) is 0 Å². The highest BCUT2D eigenvalue weighted by Gasteiger charge is 2.20. The fraction of sp³-hybridized carbons (Fsp3) is 0.0769. The Morgan fingerprint density at radius 2 is 0.643 bits per heavy atom. The summed E-state index contributed by atoms with van der Waals surface area (Å²) >= 11 is 0. The summed E-state index contributed by atoms with van der Waals surface area (Å²) in [6, 6.07) is 35.5. The Morgan fingerprint density at radius 1 is 0.357 bits per heavy atom. The van der Waals surface area contributed by atoms with Crippen molar-refractivity contribution in [2.75, 3.05) is 0 Å². The molecule has 0 spiro atoms. The molecule has 4 aromatic carbocycles. The lowest BCUT2D eigenvalue weighted by Gasteiger charge is -2.19. The van der Waals surface area contributed by atoms with Crippen LogP contribution in [0.1, 0.15) is 23.3 Å². The third-order valence-corrected chi connectivity index (χ3v) is 5.02. The van der Waals surface area contributed by atoms with E-state index in [0.717, 1.165) is 22.3 Å². The quantitative estimate of drug-likeness (QED) is 0.469. The first-order valence-electron chi connectivity index (χ1n) is 9.39. The minimum Gasteiger partial charge on any atom is -0.385 e. The van der Waals surface area contributed by atoms with Crippen molar-refractivity contribution in [3.8, 4) is 22.3 Å². The lowest BCUT2D eigenvalue weighted by atomic mass is 9.95. The van der Waals surface area contributed by atoms with Crippen LogP contribution in [-0.2, 0) is 0 Å². The van der Waals surface area contributed by atoms with Gasteiger partial charge in [0, 0.05) is 0 Å². The summed E-state index contributed by atoms with van der Waals surface area (Å²) in [6.45, 7) is 0. The van der Waals surface area contributed by atoms with Gasteiger partial charge in [-0.05, 0) is 33.4 Å². The summed E-state index contributed by atoms with van der Waals surface area (Å²) < 4.78 is 0. The van der Waals surface area contributed by atoms with Crippen LogP contribution in [0.5, 0.6) is 0 Å². The fourth-order valence-corrected chi connectivity index (χ4v) is 3.37. The Bertz CT molecular complexity index is 920. The minimum atomic E-state index is -0.979. The molecule has 4 rings (SSSR count). The van der Waals surface area contributed by atoms with E-state index < -0.39 is 12.2 Å². The zero-order chi connectivity index (χ0) is 19.3. The van der Waals surface area contributed by atoms with E-state index >= 15 is 0 Å². The molecule has 0 unspecified atom stereocenters. The average Bonchev–Trinajstić information content (AvgIpc) is 2.79. The molecule has 2 N–H and O–H groups in total. The van der Waals surface area contributed by atoms with Crippen molar-refractivity contribution in [3.63, 3.8) is 0 Å². The van der Waals surface area contributed by atoms with Crippen molar-refractivity contribution < 1.29 is 10.2 Å². The monoisotopic (exact) mass is 366 g/mol. The third-order valence-electron chi connectivity index (χ3n) is 5.02. The van der Waals surface area contributed by atoms with Gasteiger partial charge in [0.2, 0.25) is 0 Å². The van der Waals surface area contributed by atoms with Crippen molar-refractivity contribution in [1.29, 1.82) is 0 Å². The van der Waals surface area contributed by atoms with Crippen LogP contribution in [0, 0.1) is 0 Å². The van der Waals surface area contributed by atoms with Gasteiger partial charge >= 0.3 is 0 Å². The first-order valence-corrected chi connectivity index (χ1v) is 9.39. The van der Waals surface area contributed by atoms with E-state index in [4.69, 9.17) is 0 Å². The molecule has 0 saturated carbocycles. The Hall–Kier alpha value is -3.20. The summed E-state index contributed by atoms with van der Waals surface area (Å²) in [6.07, 6.45) is -1.96. The maximum atomic E-state index is 10.6. The summed E-state index contributed by atoms with van der Waals surface area (Å²) in [7, 11) is 0. The van der Waals surface area contributed by atoms with Gasteiger partial charge in [-0.1, -0.05) is 109 Å². The van der Waals surface area contributed by atoms with Gasteiger partial charge in [-0.2, -0.15) is 0 Å². The van der Waals surface area contributed by atoms with Gasteiger partial charge in [-0.25, -0.2) is 0 Å².